The summed E-state index contributed by atoms with van der Waals surface area (Å²) in [6.07, 6.45) is 3.85. The normalized spacial score (nSPS) is 17.4. The van der Waals surface area contributed by atoms with Gasteiger partial charge in [0.25, 0.3) is 11.5 Å². The SMILES string of the molecule is Cc1c(F)cc(C(=O)NC2CC2)cc1-c1ccc2c(=O)n(CC(C)(C)CO)cc([C@@H](C)N3CCNCC3)c2c1. The topological polar surface area (TPSA) is 86.6 Å². The van der Waals surface area contributed by atoms with Gasteiger partial charge in [-0.25, -0.2) is 4.39 Å². The van der Waals surface area contributed by atoms with E-state index in [0.29, 0.717) is 28.6 Å². The molecule has 1 aliphatic heterocycles. The van der Waals surface area contributed by atoms with Crippen molar-refractivity contribution >= 4 is 16.7 Å². The van der Waals surface area contributed by atoms with E-state index in [1.54, 1.807) is 17.6 Å². The first-order chi connectivity index (χ1) is 18.6. The molecular weight excluding hydrogens is 495 g/mol. The summed E-state index contributed by atoms with van der Waals surface area (Å²) in [4.78, 5) is 28.8. The third kappa shape index (κ3) is 5.78. The number of pyridine rings is 1. The summed E-state index contributed by atoms with van der Waals surface area (Å²) in [5, 5.41) is 17.6. The molecule has 3 N–H and O–H groups in total. The van der Waals surface area contributed by atoms with Crippen LogP contribution in [0.15, 0.2) is 41.3 Å². The van der Waals surface area contributed by atoms with Crippen LogP contribution in [0.2, 0.25) is 0 Å². The van der Waals surface area contributed by atoms with Gasteiger partial charge in [0, 0.05) is 74.0 Å². The summed E-state index contributed by atoms with van der Waals surface area (Å²) in [7, 11) is 0. The molecule has 0 unspecified atom stereocenters. The number of carbonyl (C=O) groups excluding carboxylic acids is 1. The van der Waals surface area contributed by atoms with Gasteiger partial charge in [-0.15, -0.1) is 0 Å². The van der Waals surface area contributed by atoms with E-state index in [2.05, 4.69) is 22.5 Å². The number of fused-ring (bicyclic) bond motifs is 1. The molecule has 1 amide bonds. The van der Waals surface area contributed by atoms with Gasteiger partial charge >= 0.3 is 0 Å². The van der Waals surface area contributed by atoms with Crippen LogP contribution in [0, 0.1) is 18.2 Å². The zero-order valence-electron chi connectivity index (χ0n) is 23.3. The Hall–Kier alpha value is -3.07. The van der Waals surface area contributed by atoms with Gasteiger partial charge < -0.3 is 20.3 Å². The maximum Gasteiger partial charge on any atom is 0.258 e. The van der Waals surface area contributed by atoms with E-state index in [4.69, 9.17) is 0 Å². The van der Waals surface area contributed by atoms with Gasteiger partial charge in [0.1, 0.15) is 5.82 Å². The van der Waals surface area contributed by atoms with Crippen molar-refractivity contribution in [2.45, 2.75) is 59.2 Å². The predicted octanol–water partition coefficient (Wildman–Crippen LogP) is 3.99. The number of piperazine rings is 1. The molecule has 208 valence electrons. The van der Waals surface area contributed by atoms with E-state index < -0.39 is 11.2 Å². The van der Waals surface area contributed by atoms with Crippen molar-refractivity contribution in [1.29, 1.82) is 0 Å². The second-order valence-electron chi connectivity index (χ2n) is 11.9. The second-order valence-corrected chi connectivity index (χ2v) is 11.9. The maximum absolute atomic E-state index is 15.0. The number of nitrogens with zero attached hydrogens (tertiary/aromatic N) is 2. The fourth-order valence-corrected chi connectivity index (χ4v) is 5.42. The molecule has 7 nitrogen and oxygen atoms in total. The van der Waals surface area contributed by atoms with Crippen molar-refractivity contribution in [3.05, 3.63) is 69.4 Å². The molecule has 2 aliphatic rings. The predicted molar refractivity (Wildman–Crippen MR) is 153 cm³/mol. The van der Waals surface area contributed by atoms with Gasteiger partial charge in [-0.2, -0.15) is 0 Å². The molecule has 0 bridgehead atoms. The molecule has 0 spiro atoms. The highest BCUT2D eigenvalue weighted by molar-refractivity contribution is 5.97. The zero-order chi connectivity index (χ0) is 27.9. The Morgan fingerprint density at radius 2 is 1.90 bits per heavy atom. The van der Waals surface area contributed by atoms with Crippen LogP contribution >= 0.6 is 0 Å². The fraction of sp³-hybridized carbons (Fsp3) is 0.484. The van der Waals surface area contributed by atoms with Crippen molar-refractivity contribution in [3.8, 4) is 11.1 Å². The van der Waals surface area contributed by atoms with E-state index in [-0.39, 0.29) is 30.2 Å². The molecule has 39 heavy (non-hydrogen) atoms. The van der Waals surface area contributed by atoms with Crippen molar-refractivity contribution in [1.82, 2.24) is 20.1 Å². The minimum atomic E-state index is -0.455. The zero-order valence-corrected chi connectivity index (χ0v) is 23.3. The lowest BCUT2D eigenvalue weighted by atomic mass is 9.92. The Bertz CT molecular complexity index is 1450. The van der Waals surface area contributed by atoms with Crippen LogP contribution in [0.25, 0.3) is 21.9 Å². The van der Waals surface area contributed by atoms with Gasteiger partial charge in [-0.1, -0.05) is 19.9 Å². The number of amides is 1. The van der Waals surface area contributed by atoms with Crippen LogP contribution in [-0.4, -0.2) is 59.3 Å². The van der Waals surface area contributed by atoms with E-state index in [9.17, 15) is 14.7 Å². The molecule has 1 aliphatic carbocycles. The minimum Gasteiger partial charge on any atom is -0.396 e. The van der Waals surface area contributed by atoms with E-state index in [1.165, 1.54) is 6.07 Å². The summed E-state index contributed by atoms with van der Waals surface area (Å²) in [6, 6.07) is 8.91. The molecule has 8 heteroatoms. The minimum absolute atomic E-state index is 0.0331. The average molecular weight is 535 g/mol. The Kier molecular flexibility index (Phi) is 7.64. The number of hydrogen-bond donors (Lipinski definition) is 3. The van der Waals surface area contributed by atoms with Crippen LogP contribution in [0.1, 0.15) is 61.1 Å². The Morgan fingerprint density at radius 3 is 2.56 bits per heavy atom. The first-order valence-corrected chi connectivity index (χ1v) is 13.9. The lowest BCUT2D eigenvalue weighted by molar-refractivity contribution is 0.0950. The van der Waals surface area contributed by atoms with Crippen LogP contribution in [0.5, 0.6) is 0 Å². The first kappa shape index (κ1) is 27.5. The largest absolute Gasteiger partial charge is 0.396 e. The number of nitrogens with one attached hydrogen (secondary N) is 2. The molecule has 2 aromatic carbocycles. The van der Waals surface area contributed by atoms with E-state index in [1.807, 2.05) is 38.2 Å². The van der Waals surface area contributed by atoms with E-state index in [0.717, 1.165) is 55.5 Å². The molecule has 5 rings (SSSR count). The molecular formula is C31H39FN4O3. The van der Waals surface area contributed by atoms with Crippen molar-refractivity contribution in [2.24, 2.45) is 5.41 Å². The lowest BCUT2D eigenvalue weighted by Gasteiger charge is -2.34. The van der Waals surface area contributed by atoms with Crippen LogP contribution in [0.3, 0.4) is 0 Å². The number of aliphatic hydroxyl groups excluding tert-OH is 1. The van der Waals surface area contributed by atoms with E-state index >= 15 is 4.39 Å². The average Bonchev–Trinajstić information content (AvgIpc) is 3.75. The number of aliphatic hydroxyl groups is 1. The van der Waals surface area contributed by atoms with Crippen LogP contribution in [-0.2, 0) is 6.54 Å². The molecule has 3 aromatic rings. The molecule has 2 fully saturated rings. The molecule has 1 saturated carbocycles. The van der Waals surface area contributed by atoms with Crippen molar-refractivity contribution in [2.75, 3.05) is 32.8 Å². The quantitative estimate of drug-likeness (QED) is 0.407. The van der Waals surface area contributed by atoms with Crippen LogP contribution < -0.4 is 16.2 Å². The summed E-state index contributed by atoms with van der Waals surface area (Å²) >= 11 is 0. The Labute approximate surface area is 229 Å². The number of benzene rings is 2. The summed E-state index contributed by atoms with van der Waals surface area (Å²) in [5.74, 6) is -0.689. The highest BCUT2D eigenvalue weighted by atomic mass is 19.1. The third-order valence-electron chi connectivity index (χ3n) is 8.12. The number of carbonyl (C=O) groups is 1. The summed E-state index contributed by atoms with van der Waals surface area (Å²) in [6.45, 7) is 11.7. The fourth-order valence-electron chi connectivity index (χ4n) is 5.42. The second kappa shape index (κ2) is 10.8. The number of halogens is 1. The van der Waals surface area contributed by atoms with Crippen molar-refractivity contribution < 1.29 is 14.3 Å². The van der Waals surface area contributed by atoms with Gasteiger partial charge in [0.2, 0.25) is 0 Å². The maximum atomic E-state index is 15.0. The number of hydrogen-bond acceptors (Lipinski definition) is 5. The smallest absolute Gasteiger partial charge is 0.258 e. The number of rotatable bonds is 8. The lowest BCUT2D eigenvalue weighted by Crippen LogP contribution is -2.44. The summed E-state index contributed by atoms with van der Waals surface area (Å²) < 4.78 is 16.8. The monoisotopic (exact) mass is 534 g/mol. The molecule has 1 saturated heterocycles. The van der Waals surface area contributed by atoms with Gasteiger partial charge in [-0.05, 0) is 78.6 Å². The molecule has 1 aromatic heterocycles. The third-order valence-corrected chi connectivity index (χ3v) is 8.12. The molecule has 2 heterocycles. The summed E-state index contributed by atoms with van der Waals surface area (Å²) in [5.41, 5.74) is 2.62. The molecule has 0 radical (unpaired) electrons. The van der Waals surface area contributed by atoms with Crippen LogP contribution in [0.4, 0.5) is 4.39 Å². The first-order valence-electron chi connectivity index (χ1n) is 13.9. The number of aromatic nitrogens is 1. The standard InChI is InChI=1S/C31H39FN4O3/c1-19-25(14-22(15-28(19)32)29(38)34-23-6-7-23)21-5-8-24-26(13-21)27(20(2)35-11-9-33-10-12-35)16-36(30(24)39)17-31(3,4)18-37/h5,8,13-16,20,23,33,37H,6-7,9-12,17-18H2,1-4H3,(H,34,38)/t20-/m1/s1. The molecule has 1 atom stereocenters. The van der Waals surface area contributed by atoms with Crippen molar-refractivity contribution in [3.63, 3.8) is 0 Å². The Balaban J connectivity index is 1.65. The van der Waals surface area contributed by atoms with Gasteiger partial charge in [-0.3, -0.25) is 14.5 Å². The van der Waals surface area contributed by atoms with Gasteiger partial charge in [0.15, 0.2) is 0 Å². The Morgan fingerprint density at radius 1 is 1.18 bits per heavy atom. The highest BCUT2D eigenvalue weighted by Crippen LogP contribution is 2.34. The van der Waals surface area contributed by atoms with Gasteiger partial charge in [0.05, 0.1) is 0 Å². The highest BCUT2D eigenvalue weighted by Gasteiger charge is 2.26.